The van der Waals surface area contributed by atoms with Crippen molar-refractivity contribution in [2.24, 2.45) is 11.8 Å². The van der Waals surface area contributed by atoms with E-state index in [9.17, 15) is 48.2 Å². The fraction of sp³-hybridized carbons (Fsp3) is 0.190. The number of nitrogens with zero attached hydrogens (tertiary/aromatic N) is 4. The summed E-state index contributed by atoms with van der Waals surface area (Å²) < 4.78 is 57.3. The average molecular weight is 757 g/mol. The van der Waals surface area contributed by atoms with Gasteiger partial charge in [-0.15, -0.1) is 22.7 Å². The Morgan fingerprint density at radius 2 is 0.926 bits per heavy atom. The van der Waals surface area contributed by atoms with E-state index in [0.717, 1.165) is 58.0 Å². The highest BCUT2D eigenvalue weighted by Gasteiger charge is 2.36. The van der Waals surface area contributed by atoms with Gasteiger partial charge in [0, 0.05) is 52.9 Å². The molecule has 0 amide bonds. The summed E-state index contributed by atoms with van der Waals surface area (Å²) in [6.45, 7) is 4.37. The van der Waals surface area contributed by atoms with Crippen molar-refractivity contribution < 1.29 is 27.2 Å². The molecule has 0 bridgehead atoms. The van der Waals surface area contributed by atoms with Gasteiger partial charge in [0.1, 0.15) is 35.4 Å². The molecule has 264 valence electrons. The Balaban J connectivity index is 1.39. The molecular weight excluding hydrogens is 733 g/mol. The lowest BCUT2D eigenvalue weighted by Crippen LogP contribution is -2.11. The zero-order valence-electron chi connectivity index (χ0n) is 28.5. The Morgan fingerprint density at radius 1 is 0.593 bits per heavy atom. The summed E-state index contributed by atoms with van der Waals surface area (Å²) in [7, 11) is 0. The maximum absolute atomic E-state index is 14.4. The van der Waals surface area contributed by atoms with Crippen molar-refractivity contribution in [3.05, 3.63) is 125 Å². The first kappa shape index (κ1) is 36.2. The molecule has 0 spiro atoms. The van der Waals surface area contributed by atoms with Crippen molar-refractivity contribution in [2.45, 2.75) is 39.5 Å². The van der Waals surface area contributed by atoms with Crippen LogP contribution in [0.1, 0.15) is 79.4 Å². The monoisotopic (exact) mass is 756 g/mol. The molecule has 54 heavy (non-hydrogen) atoms. The fourth-order valence-electron chi connectivity index (χ4n) is 7.20. The molecule has 2 aromatic heterocycles. The van der Waals surface area contributed by atoms with Gasteiger partial charge >= 0.3 is 0 Å². The number of Topliss-reactive ketones (excluding diaryl/α,β-unsaturated/α-hetero) is 2. The minimum Gasteiger partial charge on any atom is -0.289 e. The van der Waals surface area contributed by atoms with Gasteiger partial charge in [0.25, 0.3) is 0 Å². The number of thiophene rings is 2. The number of halogens is 4. The van der Waals surface area contributed by atoms with Crippen LogP contribution in [0.25, 0.3) is 33.1 Å². The van der Waals surface area contributed by atoms with Crippen LogP contribution in [-0.2, 0) is 12.8 Å². The summed E-state index contributed by atoms with van der Waals surface area (Å²) in [4.78, 5) is 30.3. The van der Waals surface area contributed by atoms with E-state index in [2.05, 4.69) is 13.8 Å². The van der Waals surface area contributed by atoms with E-state index in [1.807, 2.05) is 12.1 Å². The summed E-state index contributed by atoms with van der Waals surface area (Å²) in [5, 5.41) is 39.0. The third-order valence-corrected chi connectivity index (χ3v) is 12.7. The minimum absolute atomic E-state index is 0.0344. The summed E-state index contributed by atoms with van der Waals surface area (Å²) >= 11 is 2.73. The first-order valence-corrected chi connectivity index (χ1v) is 18.4. The average Bonchev–Trinajstić information content (AvgIpc) is 3.88. The van der Waals surface area contributed by atoms with Gasteiger partial charge in [-0.05, 0) is 108 Å². The molecule has 4 aromatic rings. The molecule has 0 aliphatic heterocycles. The number of fused-ring (bicyclic) bond motifs is 5. The Bertz CT molecular complexity index is 2470. The molecule has 3 aliphatic carbocycles. The predicted octanol–water partition coefficient (Wildman–Crippen LogP) is 10.3. The van der Waals surface area contributed by atoms with E-state index in [1.54, 1.807) is 24.3 Å². The van der Waals surface area contributed by atoms with Crippen molar-refractivity contribution in [1.82, 2.24) is 0 Å². The van der Waals surface area contributed by atoms with Crippen LogP contribution in [0.5, 0.6) is 0 Å². The SMILES string of the molecule is C[C@H]1CCc2cc(/C=C3\C(=O)c4cc(F)c(F)cc4C3=C(C#N)C#N)sc2-c2sc(/C=C3\C(=O)c4cc(F)c(F)cc4C3=C(C#N)C#N)cc2CC[C@@H]1C. The van der Waals surface area contributed by atoms with E-state index >= 15 is 0 Å². The van der Waals surface area contributed by atoms with E-state index in [4.69, 9.17) is 0 Å². The van der Waals surface area contributed by atoms with E-state index in [1.165, 1.54) is 34.8 Å². The number of aryl methyl sites for hydroxylation is 2. The first-order valence-electron chi connectivity index (χ1n) is 16.8. The Hall–Kier alpha value is -6.18. The van der Waals surface area contributed by atoms with Crippen molar-refractivity contribution >= 4 is 57.5 Å². The van der Waals surface area contributed by atoms with Gasteiger partial charge < -0.3 is 0 Å². The third-order valence-electron chi connectivity index (χ3n) is 10.3. The smallest absolute Gasteiger partial charge is 0.194 e. The van der Waals surface area contributed by atoms with Crippen LogP contribution in [0.2, 0.25) is 0 Å². The normalized spacial score (nSPS) is 19.0. The van der Waals surface area contributed by atoms with Gasteiger partial charge in [-0.3, -0.25) is 9.59 Å². The topological polar surface area (TPSA) is 129 Å². The molecule has 0 fully saturated rings. The van der Waals surface area contributed by atoms with E-state index in [-0.39, 0.29) is 44.5 Å². The number of carbonyl (C=O) groups is 2. The number of rotatable bonds is 2. The molecule has 2 heterocycles. The molecule has 0 saturated carbocycles. The second kappa shape index (κ2) is 14.0. The Kier molecular flexibility index (Phi) is 9.38. The van der Waals surface area contributed by atoms with Crippen LogP contribution in [0.4, 0.5) is 17.6 Å². The maximum atomic E-state index is 14.4. The molecule has 0 saturated heterocycles. The molecular formula is C42H24F4N4O2S2. The van der Waals surface area contributed by atoms with Crippen LogP contribution in [-0.4, -0.2) is 11.6 Å². The van der Waals surface area contributed by atoms with Crippen LogP contribution >= 0.6 is 22.7 Å². The highest BCUT2D eigenvalue weighted by molar-refractivity contribution is 7.23. The Morgan fingerprint density at radius 3 is 1.26 bits per heavy atom. The van der Waals surface area contributed by atoms with Gasteiger partial charge in [-0.25, -0.2) is 17.6 Å². The Labute approximate surface area is 315 Å². The molecule has 12 heteroatoms. The van der Waals surface area contributed by atoms with Crippen molar-refractivity contribution in [3.8, 4) is 34.0 Å². The molecule has 2 atom stereocenters. The first-order chi connectivity index (χ1) is 25.9. The zero-order chi connectivity index (χ0) is 38.6. The van der Waals surface area contributed by atoms with Crippen LogP contribution < -0.4 is 0 Å². The maximum Gasteiger partial charge on any atom is 0.194 e. The number of hydrogen-bond donors (Lipinski definition) is 0. The minimum atomic E-state index is -1.23. The third kappa shape index (κ3) is 6.00. The van der Waals surface area contributed by atoms with Gasteiger partial charge in [0.05, 0.1) is 0 Å². The number of benzene rings is 2. The number of carbonyl (C=O) groups excluding carboxylic acids is 2. The predicted molar refractivity (Wildman–Crippen MR) is 196 cm³/mol. The molecule has 0 N–H and O–H groups in total. The summed E-state index contributed by atoms with van der Waals surface area (Å²) in [6.07, 6.45) is 6.15. The lowest BCUT2D eigenvalue weighted by Gasteiger charge is -2.21. The molecule has 7 rings (SSSR count). The summed E-state index contributed by atoms with van der Waals surface area (Å²) in [6, 6.07) is 14.2. The van der Waals surface area contributed by atoms with E-state index in [0.29, 0.717) is 34.4 Å². The lowest BCUT2D eigenvalue weighted by molar-refractivity contribution is 0.103. The number of ketones is 2. The molecule has 3 aliphatic rings. The van der Waals surface area contributed by atoms with E-state index < -0.39 is 46.0 Å². The summed E-state index contributed by atoms with van der Waals surface area (Å²) in [5.74, 6) is -5.48. The standard InChI is InChI=1S/C42H24F4N4O2S2/c1-19-3-5-21-7-25(9-31-37(23(15-47)16-48)27-11-33(43)35(45)13-29(27)39(31)51)53-41(21)42-22(6-4-20(19)2)8-26(54-42)10-32-38(24(17-49)18-50)28-12-34(44)36(46)14-30(28)40(32)52/h7-14,19-20H,3-6H2,1-2H3/b31-9-,32-10-/t19-,20-/m0/s1. The van der Waals surface area contributed by atoms with Crippen LogP contribution in [0, 0.1) is 80.4 Å². The second-order valence-corrected chi connectivity index (χ2v) is 15.6. The van der Waals surface area contributed by atoms with Gasteiger partial charge in [0.2, 0.25) is 0 Å². The van der Waals surface area contributed by atoms with Gasteiger partial charge in [-0.2, -0.15) is 21.0 Å². The largest absolute Gasteiger partial charge is 0.289 e. The van der Waals surface area contributed by atoms with Crippen molar-refractivity contribution in [2.75, 3.05) is 0 Å². The zero-order valence-corrected chi connectivity index (χ0v) is 30.2. The highest BCUT2D eigenvalue weighted by Crippen LogP contribution is 2.47. The van der Waals surface area contributed by atoms with Crippen LogP contribution in [0.3, 0.4) is 0 Å². The molecule has 0 radical (unpaired) electrons. The fourth-order valence-corrected chi connectivity index (χ4v) is 9.71. The quantitative estimate of drug-likeness (QED) is 0.114. The molecule has 6 nitrogen and oxygen atoms in total. The van der Waals surface area contributed by atoms with Crippen molar-refractivity contribution in [1.29, 1.82) is 21.0 Å². The van der Waals surface area contributed by atoms with Crippen molar-refractivity contribution in [3.63, 3.8) is 0 Å². The summed E-state index contributed by atoms with van der Waals surface area (Å²) in [5.41, 5.74) is 0.520. The number of nitriles is 4. The second-order valence-electron chi connectivity index (χ2n) is 13.4. The molecule has 2 aromatic carbocycles. The number of hydrogen-bond acceptors (Lipinski definition) is 8. The van der Waals surface area contributed by atoms with Gasteiger partial charge in [0.15, 0.2) is 34.8 Å². The van der Waals surface area contributed by atoms with Crippen LogP contribution in [0.15, 0.2) is 58.7 Å². The van der Waals surface area contributed by atoms with Gasteiger partial charge in [-0.1, -0.05) is 13.8 Å². The molecule has 0 unspecified atom stereocenters. The lowest BCUT2D eigenvalue weighted by atomic mass is 9.85. The highest BCUT2D eigenvalue weighted by atomic mass is 32.1. The number of allylic oxidation sites excluding steroid dienone is 6.